The number of ketones is 1. The van der Waals surface area contributed by atoms with E-state index in [9.17, 15) is 4.79 Å². The fourth-order valence-electron chi connectivity index (χ4n) is 2.55. The van der Waals surface area contributed by atoms with Crippen LogP contribution >= 0.6 is 0 Å². The number of benzene rings is 1. The Labute approximate surface area is 109 Å². The second kappa shape index (κ2) is 5.42. The summed E-state index contributed by atoms with van der Waals surface area (Å²) in [6.07, 6.45) is 1.93. The molecule has 0 radical (unpaired) electrons. The highest BCUT2D eigenvalue weighted by atomic mass is 16.5. The lowest BCUT2D eigenvalue weighted by Crippen LogP contribution is -2.35. The van der Waals surface area contributed by atoms with E-state index in [1.54, 1.807) is 14.0 Å². The van der Waals surface area contributed by atoms with Crippen molar-refractivity contribution in [2.24, 2.45) is 5.92 Å². The summed E-state index contributed by atoms with van der Waals surface area (Å²) in [4.78, 5) is 13.7. The molecule has 0 N–H and O–H groups in total. The van der Waals surface area contributed by atoms with Crippen LogP contribution in [0.3, 0.4) is 0 Å². The Morgan fingerprint density at radius 3 is 2.56 bits per heavy atom. The van der Waals surface area contributed by atoms with Gasteiger partial charge in [0, 0.05) is 30.8 Å². The second-order valence-electron chi connectivity index (χ2n) is 5.03. The molecular weight excluding hydrogens is 226 g/mol. The summed E-state index contributed by atoms with van der Waals surface area (Å²) < 4.78 is 5.36. The average Bonchev–Trinajstić information content (AvgIpc) is 2.39. The summed E-state index contributed by atoms with van der Waals surface area (Å²) in [5, 5.41) is 0. The number of hydrogen-bond acceptors (Lipinski definition) is 3. The molecule has 0 saturated carbocycles. The summed E-state index contributed by atoms with van der Waals surface area (Å²) in [5.41, 5.74) is 2.35. The molecule has 1 aliphatic rings. The van der Waals surface area contributed by atoms with E-state index in [0.717, 1.165) is 37.2 Å². The number of rotatable bonds is 3. The number of Topliss-reactive ketones (excluding diaryl/α,β-unsaturated/α-hetero) is 1. The molecular formula is C15H21NO2. The van der Waals surface area contributed by atoms with Crippen molar-refractivity contribution in [2.75, 3.05) is 25.1 Å². The number of anilines is 1. The SMILES string of the molecule is COc1cc(N2CCC(C(C)=O)CC2)ccc1C. The normalized spacial score (nSPS) is 16.7. The van der Waals surface area contributed by atoms with Crippen LogP contribution in [-0.4, -0.2) is 26.0 Å². The highest BCUT2D eigenvalue weighted by Crippen LogP contribution is 2.28. The molecule has 0 unspecified atom stereocenters. The van der Waals surface area contributed by atoms with Gasteiger partial charge in [0.15, 0.2) is 0 Å². The molecule has 0 amide bonds. The number of nitrogens with zero attached hydrogens (tertiary/aromatic N) is 1. The van der Waals surface area contributed by atoms with Gasteiger partial charge in [-0.25, -0.2) is 0 Å². The fourth-order valence-corrected chi connectivity index (χ4v) is 2.55. The van der Waals surface area contributed by atoms with Crippen LogP contribution in [0.1, 0.15) is 25.3 Å². The molecule has 1 aliphatic heterocycles. The van der Waals surface area contributed by atoms with Gasteiger partial charge in [-0.1, -0.05) is 6.07 Å². The predicted molar refractivity (Wildman–Crippen MR) is 73.3 cm³/mol. The van der Waals surface area contributed by atoms with Crippen LogP contribution in [0.25, 0.3) is 0 Å². The number of carbonyl (C=O) groups excluding carboxylic acids is 1. The Bertz CT molecular complexity index is 434. The predicted octanol–water partition coefficient (Wildman–Crippen LogP) is 2.81. The lowest BCUT2D eigenvalue weighted by atomic mass is 9.93. The smallest absolute Gasteiger partial charge is 0.133 e. The van der Waals surface area contributed by atoms with Crippen LogP contribution in [0.4, 0.5) is 5.69 Å². The number of hydrogen-bond donors (Lipinski definition) is 0. The molecule has 1 aromatic carbocycles. The third-order valence-electron chi connectivity index (χ3n) is 3.83. The van der Waals surface area contributed by atoms with Crippen LogP contribution in [0, 0.1) is 12.8 Å². The highest BCUT2D eigenvalue weighted by molar-refractivity contribution is 5.78. The first-order valence-electron chi connectivity index (χ1n) is 6.52. The molecule has 98 valence electrons. The quantitative estimate of drug-likeness (QED) is 0.822. The Balaban J connectivity index is 2.07. The van der Waals surface area contributed by atoms with Gasteiger partial charge in [-0.2, -0.15) is 0 Å². The Morgan fingerprint density at radius 2 is 2.00 bits per heavy atom. The van der Waals surface area contributed by atoms with Crippen molar-refractivity contribution in [3.8, 4) is 5.75 Å². The second-order valence-corrected chi connectivity index (χ2v) is 5.03. The van der Waals surface area contributed by atoms with Gasteiger partial charge < -0.3 is 9.64 Å². The molecule has 3 nitrogen and oxygen atoms in total. The van der Waals surface area contributed by atoms with Crippen molar-refractivity contribution < 1.29 is 9.53 Å². The molecule has 3 heteroatoms. The lowest BCUT2D eigenvalue weighted by Gasteiger charge is -2.32. The molecule has 0 atom stereocenters. The van der Waals surface area contributed by atoms with Crippen LogP contribution in [0.15, 0.2) is 18.2 Å². The molecule has 1 saturated heterocycles. The van der Waals surface area contributed by atoms with Gasteiger partial charge in [-0.15, -0.1) is 0 Å². The highest BCUT2D eigenvalue weighted by Gasteiger charge is 2.22. The Kier molecular flexibility index (Phi) is 3.90. The monoisotopic (exact) mass is 247 g/mol. The number of methoxy groups -OCH3 is 1. The van der Waals surface area contributed by atoms with E-state index in [0.29, 0.717) is 5.78 Å². The molecule has 1 heterocycles. The Morgan fingerprint density at radius 1 is 1.33 bits per heavy atom. The maximum absolute atomic E-state index is 11.3. The minimum absolute atomic E-state index is 0.258. The van der Waals surface area contributed by atoms with Crippen LogP contribution in [-0.2, 0) is 4.79 Å². The Hall–Kier alpha value is -1.51. The van der Waals surface area contributed by atoms with Crippen LogP contribution < -0.4 is 9.64 Å². The molecule has 0 aliphatic carbocycles. The van der Waals surface area contributed by atoms with Gasteiger partial charge in [0.1, 0.15) is 11.5 Å². The molecule has 1 fully saturated rings. The molecule has 0 aromatic heterocycles. The van der Waals surface area contributed by atoms with E-state index in [4.69, 9.17) is 4.74 Å². The van der Waals surface area contributed by atoms with E-state index in [-0.39, 0.29) is 5.92 Å². The zero-order valence-corrected chi connectivity index (χ0v) is 11.4. The van der Waals surface area contributed by atoms with Crippen molar-refractivity contribution in [2.45, 2.75) is 26.7 Å². The number of piperidine rings is 1. The standard InChI is InChI=1S/C15H21NO2/c1-11-4-5-14(10-15(11)18-3)16-8-6-13(7-9-16)12(2)17/h4-5,10,13H,6-9H2,1-3H3. The van der Waals surface area contributed by atoms with Gasteiger partial charge in [0.2, 0.25) is 0 Å². The molecule has 18 heavy (non-hydrogen) atoms. The zero-order chi connectivity index (χ0) is 13.1. The third kappa shape index (κ3) is 2.66. The topological polar surface area (TPSA) is 29.5 Å². The van der Waals surface area contributed by atoms with Gasteiger partial charge >= 0.3 is 0 Å². The first-order chi connectivity index (χ1) is 8.61. The van der Waals surface area contributed by atoms with Crippen molar-refractivity contribution in [1.82, 2.24) is 0 Å². The first-order valence-corrected chi connectivity index (χ1v) is 6.52. The molecule has 1 aromatic rings. The van der Waals surface area contributed by atoms with Crippen LogP contribution in [0.2, 0.25) is 0 Å². The average molecular weight is 247 g/mol. The van der Waals surface area contributed by atoms with Gasteiger partial charge in [-0.05, 0) is 38.3 Å². The summed E-state index contributed by atoms with van der Waals surface area (Å²) in [7, 11) is 1.70. The van der Waals surface area contributed by atoms with E-state index >= 15 is 0 Å². The third-order valence-corrected chi connectivity index (χ3v) is 3.83. The maximum Gasteiger partial charge on any atom is 0.133 e. The van der Waals surface area contributed by atoms with E-state index in [1.807, 2.05) is 6.92 Å². The first kappa shape index (κ1) is 12.9. The number of carbonyl (C=O) groups is 1. The molecule has 2 rings (SSSR count). The largest absolute Gasteiger partial charge is 0.496 e. The number of aryl methyl sites for hydroxylation is 1. The van der Waals surface area contributed by atoms with Gasteiger partial charge in [-0.3, -0.25) is 4.79 Å². The van der Waals surface area contributed by atoms with E-state index in [1.165, 1.54) is 5.69 Å². The maximum atomic E-state index is 11.3. The van der Waals surface area contributed by atoms with Crippen LogP contribution in [0.5, 0.6) is 5.75 Å². The summed E-state index contributed by atoms with van der Waals surface area (Å²) >= 11 is 0. The minimum atomic E-state index is 0.258. The van der Waals surface area contributed by atoms with E-state index < -0.39 is 0 Å². The number of ether oxygens (including phenoxy) is 1. The molecule has 0 bridgehead atoms. The minimum Gasteiger partial charge on any atom is -0.496 e. The zero-order valence-electron chi connectivity index (χ0n) is 11.4. The van der Waals surface area contributed by atoms with Gasteiger partial charge in [0.05, 0.1) is 7.11 Å². The summed E-state index contributed by atoms with van der Waals surface area (Å²) in [5.74, 6) is 1.52. The van der Waals surface area contributed by atoms with Crippen molar-refractivity contribution >= 4 is 11.5 Å². The lowest BCUT2D eigenvalue weighted by molar-refractivity contribution is -0.121. The van der Waals surface area contributed by atoms with E-state index in [2.05, 4.69) is 23.1 Å². The van der Waals surface area contributed by atoms with Gasteiger partial charge in [0.25, 0.3) is 0 Å². The van der Waals surface area contributed by atoms with Crippen molar-refractivity contribution in [3.05, 3.63) is 23.8 Å². The fraction of sp³-hybridized carbons (Fsp3) is 0.533. The summed E-state index contributed by atoms with van der Waals surface area (Å²) in [6.45, 7) is 5.66. The summed E-state index contributed by atoms with van der Waals surface area (Å²) in [6, 6.07) is 6.31. The molecule has 0 spiro atoms. The van der Waals surface area contributed by atoms with Crippen molar-refractivity contribution in [3.63, 3.8) is 0 Å². The van der Waals surface area contributed by atoms with Crippen molar-refractivity contribution in [1.29, 1.82) is 0 Å².